The van der Waals surface area contributed by atoms with E-state index in [1.807, 2.05) is 24.3 Å². The molecule has 0 bridgehead atoms. The Balaban J connectivity index is 1.43. The molecule has 10 heteroatoms. The van der Waals surface area contributed by atoms with Gasteiger partial charge < -0.3 is 23.8 Å². The van der Waals surface area contributed by atoms with Gasteiger partial charge in [-0.2, -0.15) is 0 Å². The number of rotatable bonds is 9. The maximum atomic E-state index is 13.7. The minimum absolute atomic E-state index is 0.0735. The molecule has 1 aliphatic heterocycles. The molecule has 5 rings (SSSR count). The highest BCUT2D eigenvalue weighted by atomic mass is 16.5. The Morgan fingerprint density at radius 1 is 1.12 bits per heavy atom. The van der Waals surface area contributed by atoms with Gasteiger partial charge in [-0.3, -0.25) is 9.59 Å². The zero-order valence-electron chi connectivity index (χ0n) is 18.5. The van der Waals surface area contributed by atoms with Gasteiger partial charge in [0.25, 0.3) is 5.91 Å². The molecule has 34 heavy (non-hydrogen) atoms. The number of aromatic nitrogens is 3. The SMILES string of the molecule is O=C(NCc1ccco1)[C@H](c1ccco1)N(C[C@H]1CCCO1)C(=O)Cn1nnc2ccccc21. The van der Waals surface area contributed by atoms with E-state index in [1.54, 1.807) is 35.2 Å². The molecule has 2 atom stereocenters. The Bertz CT molecular complexity index is 1230. The molecule has 0 unspecified atom stereocenters. The van der Waals surface area contributed by atoms with Crippen LogP contribution in [-0.4, -0.2) is 51.0 Å². The first-order chi connectivity index (χ1) is 16.7. The van der Waals surface area contributed by atoms with Gasteiger partial charge in [-0.15, -0.1) is 5.10 Å². The molecule has 1 N–H and O–H groups in total. The molecular weight excluding hydrogens is 438 g/mol. The summed E-state index contributed by atoms with van der Waals surface area (Å²) in [5.41, 5.74) is 1.43. The molecule has 0 aliphatic carbocycles. The van der Waals surface area contributed by atoms with E-state index in [0.29, 0.717) is 23.6 Å². The van der Waals surface area contributed by atoms with Gasteiger partial charge in [-0.05, 0) is 49.2 Å². The van der Waals surface area contributed by atoms with Crippen LogP contribution in [0.25, 0.3) is 11.0 Å². The molecule has 176 valence electrons. The highest BCUT2D eigenvalue weighted by Gasteiger charge is 2.36. The van der Waals surface area contributed by atoms with Crippen molar-refractivity contribution in [3.8, 4) is 0 Å². The predicted octanol–water partition coefficient (Wildman–Crippen LogP) is 2.68. The number of hydrogen-bond acceptors (Lipinski definition) is 7. The second kappa shape index (κ2) is 9.92. The largest absolute Gasteiger partial charge is 0.467 e. The fourth-order valence-electron chi connectivity index (χ4n) is 4.17. The number of para-hydroxylation sites is 1. The minimum atomic E-state index is -0.976. The van der Waals surface area contributed by atoms with Gasteiger partial charge in [0.05, 0.1) is 30.7 Å². The van der Waals surface area contributed by atoms with Crippen LogP contribution < -0.4 is 5.32 Å². The molecule has 0 saturated carbocycles. The van der Waals surface area contributed by atoms with Crippen LogP contribution >= 0.6 is 0 Å². The number of benzene rings is 1. The maximum Gasteiger partial charge on any atom is 0.251 e. The van der Waals surface area contributed by atoms with Crippen LogP contribution in [0.4, 0.5) is 0 Å². The molecular formula is C24H25N5O5. The summed E-state index contributed by atoms with van der Waals surface area (Å²) in [6, 6.07) is 13.4. The van der Waals surface area contributed by atoms with Crippen LogP contribution in [0.3, 0.4) is 0 Å². The van der Waals surface area contributed by atoms with Gasteiger partial charge in [-0.25, -0.2) is 4.68 Å². The third kappa shape index (κ3) is 4.72. The van der Waals surface area contributed by atoms with Gasteiger partial charge in [0.2, 0.25) is 5.91 Å². The topological polar surface area (TPSA) is 116 Å². The Morgan fingerprint density at radius 3 is 2.74 bits per heavy atom. The summed E-state index contributed by atoms with van der Waals surface area (Å²) in [5.74, 6) is 0.311. The monoisotopic (exact) mass is 463 g/mol. The fourth-order valence-corrected chi connectivity index (χ4v) is 4.17. The van der Waals surface area contributed by atoms with Crippen molar-refractivity contribution in [1.82, 2.24) is 25.2 Å². The van der Waals surface area contributed by atoms with E-state index in [9.17, 15) is 9.59 Å². The zero-order valence-corrected chi connectivity index (χ0v) is 18.5. The molecule has 2 amide bonds. The predicted molar refractivity (Wildman–Crippen MR) is 120 cm³/mol. The lowest BCUT2D eigenvalue weighted by Crippen LogP contribution is -2.47. The summed E-state index contributed by atoms with van der Waals surface area (Å²) >= 11 is 0. The molecule has 4 heterocycles. The second-order valence-corrected chi connectivity index (χ2v) is 8.13. The van der Waals surface area contributed by atoms with Crippen molar-refractivity contribution in [2.24, 2.45) is 0 Å². The Kier molecular flexibility index (Phi) is 6.39. The first kappa shape index (κ1) is 21.9. The van der Waals surface area contributed by atoms with Gasteiger partial charge >= 0.3 is 0 Å². The summed E-state index contributed by atoms with van der Waals surface area (Å²) in [5, 5.41) is 11.1. The molecule has 1 saturated heterocycles. The van der Waals surface area contributed by atoms with E-state index in [-0.39, 0.29) is 37.6 Å². The number of amides is 2. The minimum Gasteiger partial charge on any atom is -0.467 e. The van der Waals surface area contributed by atoms with Crippen LogP contribution in [-0.2, 0) is 27.4 Å². The van der Waals surface area contributed by atoms with E-state index < -0.39 is 6.04 Å². The van der Waals surface area contributed by atoms with Gasteiger partial charge in [0.1, 0.15) is 23.6 Å². The summed E-state index contributed by atoms with van der Waals surface area (Å²) in [4.78, 5) is 28.6. The lowest BCUT2D eigenvalue weighted by molar-refractivity contribution is -0.144. The van der Waals surface area contributed by atoms with E-state index >= 15 is 0 Å². The Hall–Kier alpha value is -3.92. The van der Waals surface area contributed by atoms with Gasteiger partial charge in [-0.1, -0.05) is 17.3 Å². The van der Waals surface area contributed by atoms with Crippen molar-refractivity contribution in [2.45, 2.75) is 38.1 Å². The quantitative estimate of drug-likeness (QED) is 0.406. The number of hydrogen-bond donors (Lipinski definition) is 1. The standard InChI is InChI=1S/C24H25N5O5/c30-22(16-29-20-9-2-1-8-19(20)26-27-29)28(15-18-7-4-12-33-18)23(21-10-5-13-34-21)24(31)25-14-17-6-3-11-32-17/h1-3,5-6,8-11,13,18,23H,4,7,12,14-16H2,(H,25,31)/t18-,23+/m1/s1. The van der Waals surface area contributed by atoms with E-state index in [0.717, 1.165) is 18.4 Å². The van der Waals surface area contributed by atoms with Crippen molar-refractivity contribution in [1.29, 1.82) is 0 Å². The summed E-state index contributed by atoms with van der Waals surface area (Å²) in [6.07, 6.45) is 4.60. The molecule has 4 aromatic rings. The first-order valence-corrected chi connectivity index (χ1v) is 11.2. The van der Waals surface area contributed by atoms with Crippen LogP contribution in [0.1, 0.15) is 30.4 Å². The Labute approximate surface area is 195 Å². The molecule has 1 aliphatic rings. The molecule has 1 fully saturated rings. The molecule has 0 spiro atoms. The fraction of sp³-hybridized carbons (Fsp3) is 0.333. The van der Waals surface area contributed by atoms with Crippen LogP contribution in [0, 0.1) is 0 Å². The normalized spacial score (nSPS) is 16.5. The van der Waals surface area contributed by atoms with E-state index in [1.165, 1.54) is 11.2 Å². The van der Waals surface area contributed by atoms with Crippen molar-refractivity contribution in [3.05, 3.63) is 72.6 Å². The summed E-state index contributed by atoms with van der Waals surface area (Å²) < 4.78 is 18.3. The zero-order chi connectivity index (χ0) is 23.3. The summed E-state index contributed by atoms with van der Waals surface area (Å²) in [7, 11) is 0. The van der Waals surface area contributed by atoms with Crippen molar-refractivity contribution in [2.75, 3.05) is 13.2 Å². The highest BCUT2D eigenvalue weighted by Crippen LogP contribution is 2.26. The average Bonchev–Trinajstić information content (AvgIpc) is 3.66. The van der Waals surface area contributed by atoms with E-state index in [2.05, 4.69) is 15.6 Å². The second-order valence-electron chi connectivity index (χ2n) is 8.13. The van der Waals surface area contributed by atoms with Crippen molar-refractivity contribution < 1.29 is 23.2 Å². The third-order valence-electron chi connectivity index (χ3n) is 5.84. The Morgan fingerprint density at radius 2 is 1.97 bits per heavy atom. The lowest BCUT2D eigenvalue weighted by Gasteiger charge is -2.31. The third-order valence-corrected chi connectivity index (χ3v) is 5.84. The number of furan rings is 2. The van der Waals surface area contributed by atoms with Gasteiger partial charge in [0.15, 0.2) is 6.04 Å². The van der Waals surface area contributed by atoms with Crippen LogP contribution in [0.15, 0.2) is 69.9 Å². The first-order valence-electron chi connectivity index (χ1n) is 11.2. The van der Waals surface area contributed by atoms with Crippen molar-refractivity contribution >= 4 is 22.8 Å². The highest BCUT2D eigenvalue weighted by molar-refractivity contribution is 5.88. The number of nitrogens with one attached hydrogen (secondary N) is 1. The number of ether oxygens (including phenoxy) is 1. The molecule has 3 aromatic heterocycles. The number of carbonyl (C=O) groups is 2. The average molecular weight is 463 g/mol. The number of nitrogens with zero attached hydrogens (tertiary/aromatic N) is 4. The lowest BCUT2D eigenvalue weighted by atomic mass is 10.1. The van der Waals surface area contributed by atoms with Crippen LogP contribution in [0.2, 0.25) is 0 Å². The summed E-state index contributed by atoms with van der Waals surface area (Å²) in [6.45, 7) is 1.01. The molecule has 0 radical (unpaired) electrons. The van der Waals surface area contributed by atoms with E-state index in [4.69, 9.17) is 13.6 Å². The van der Waals surface area contributed by atoms with Gasteiger partial charge in [0, 0.05) is 13.2 Å². The molecule has 1 aromatic carbocycles. The van der Waals surface area contributed by atoms with Crippen LogP contribution in [0.5, 0.6) is 0 Å². The number of fused-ring (bicyclic) bond motifs is 1. The van der Waals surface area contributed by atoms with Crippen molar-refractivity contribution in [3.63, 3.8) is 0 Å². The molecule has 10 nitrogen and oxygen atoms in total. The number of carbonyl (C=O) groups excluding carboxylic acids is 2. The smallest absolute Gasteiger partial charge is 0.251 e. The maximum absolute atomic E-state index is 13.7.